The monoisotopic (exact) mass is 422 g/mol. The number of ether oxygens (including phenoxy) is 1. The molecular weight excluding hydrogens is 404 g/mol. The van der Waals surface area contributed by atoms with E-state index in [1.54, 1.807) is 19.2 Å². The first-order valence-electron chi connectivity index (χ1n) is 8.22. The van der Waals surface area contributed by atoms with Crippen LogP contribution in [-0.4, -0.2) is 44.1 Å². The Morgan fingerprint density at radius 1 is 1.08 bits per heavy atom. The maximum Gasteiger partial charge on any atom is 0.255 e. The van der Waals surface area contributed by atoms with E-state index in [0.717, 1.165) is 42.0 Å². The summed E-state index contributed by atoms with van der Waals surface area (Å²) in [6, 6.07) is 13.4. The zero-order valence-corrected chi connectivity index (χ0v) is 16.4. The molecule has 1 fully saturated rings. The summed E-state index contributed by atoms with van der Waals surface area (Å²) in [7, 11) is 1.66. The van der Waals surface area contributed by atoms with Crippen LogP contribution in [0.2, 0.25) is 5.02 Å². The van der Waals surface area contributed by atoms with Gasteiger partial charge in [0.15, 0.2) is 0 Å². The van der Waals surface area contributed by atoms with Crippen LogP contribution in [0.4, 0.5) is 5.69 Å². The number of carbonyl (C=O) groups is 1. The molecule has 1 aliphatic rings. The molecule has 3 rings (SSSR count). The first-order valence-corrected chi connectivity index (χ1v) is 9.39. The lowest BCUT2D eigenvalue weighted by molar-refractivity contribution is 0.0767. The van der Waals surface area contributed by atoms with Crippen molar-refractivity contribution in [3.8, 4) is 5.75 Å². The van der Waals surface area contributed by atoms with Crippen LogP contribution in [0.1, 0.15) is 16.8 Å². The summed E-state index contributed by atoms with van der Waals surface area (Å²) in [4.78, 5) is 17.0. The van der Waals surface area contributed by atoms with Gasteiger partial charge >= 0.3 is 0 Å². The lowest BCUT2D eigenvalue weighted by Gasteiger charge is -2.24. The predicted molar refractivity (Wildman–Crippen MR) is 105 cm³/mol. The molecule has 0 aromatic heterocycles. The smallest absolute Gasteiger partial charge is 0.255 e. The van der Waals surface area contributed by atoms with Gasteiger partial charge in [-0.1, -0.05) is 27.5 Å². The van der Waals surface area contributed by atoms with E-state index in [1.165, 1.54) is 0 Å². The molecule has 25 heavy (non-hydrogen) atoms. The number of hydrogen-bond acceptors (Lipinski definition) is 3. The maximum atomic E-state index is 12.8. The summed E-state index contributed by atoms with van der Waals surface area (Å²) in [5.74, 6) is 0.842. The molecule has 0 radical (unpaired) electrons. The van der Waals surface area contributed by atoms with E-state index in [4.69, 9.17) is 16.3 Å². The molecule has 2 aromatic rings. The highest BCUT2D eigenvalue weighted by Gasteiger charge is 2.22. The topological polar surface area (TPSA) is 32.8 Å². The van der Waals surface area contributed by atoms with E-state index in [0.29, 0.717) is 17.1 Å². The van der Waals surface area contributed by atoms with Gasteiger partial charge in [-0.15, -0.1) is 0 Å². The quantitative estimate of drug-likeness (QED) is 0.730. The molecule has 6 heteroatoms. The Labute approximate surface area is 161 Å². The van der Waals surface area contributed by atoms with E-state index < -0.39 is 0 Å². The minimum absolute atomic E-state index is 0.00548. The van der Waals surface area contributed by atoms with Gasteiger partial charge in [0.1, 0.15) is 5.75 Å². The Balaban J connectivity index is 1.69. The fourth-order valence-corrected chi connectivity index (χ4v) is 3.76. The van der Waals surface area contributed by atoms with Crippen molar-refractivity contribution in [1.82, 2.24) is 4.90 Å². The number of methoxy groups -OCH3 is 1. The molecule has 0 spiro atoms. The molecule has 1 heterocycles. The van der Waals surface area contributed by atoms with E-state index in [9.17, 15) is 4.79 Å². The van der Waals surface area contributed by atoms with Crippen LogP contribution in [0.5, 0.6) is 5.75 Å². The summed E-state index contributed by atoms with van der Waals surface area (Å²) in [5.41, 5.74) is 1.71. The van der Waals surface area contributed by atoms with Crippen LogP contribution in [-0.2, 0) is 0 Å². The Bertz CT molecular complexity index is 752. The fraction of sp³-hybridized carbons (Fsp3) is 0.316. The zero-order chi connectivity index (χ0) is 17.8. The summed E-state index contributed by atoms with van der Waals surface area (Å²) in [5, 5.41) is 0.482. The fourth-order valence-electron chi connectivity index (χ4n) is 3.01. The third kappa shape index (κ3) is 4.28. The van der Waals surface area contributed by atoms with Crippen molar-refractivity contribution in [1.29, 1.82) is 0 Å². The third-order valence-electron chi connectivity index (χ3n) is 4.38. The number of hydrogen-bond donors (Lipinski definition) is 0. The highest BCUT2D eigenvalue weighted by Crippen LogP contribution is 2.24. The summed E-state index contributed by atoms with van der Waals surface area (Å²) >= 11 is 9.61. The maximum absolute atomic E-state index is 12.8. The summed E-state index contributed by atoms with van der Waals surface area (Å²) in [6.45, 7) is 3.13. The molecule has 1 amide bonds. The summed E-state index contributed by atoms with van der Waals surface area (Å²) < 4.78 is 6.08. The van der Waals surface area contributed by atoms with Gasteiger partial charge in [-0.2, -0.15) is 0 Å². The second-order valence-corrected chi connectivity index (χ2v) is 7.28. The van der Waals surface area contributed by atoms with Gasteiger partial charge in [0.2, 0.25) is 0 Å². The average molecular weight is 424 g/mol. The molecular formula is C19H20BrClN2O2. The largest absolute Gasteiger partial charge is 0.497 e. The first-order chi connectivity index (χ1) is 12.1. The minimum atomic E-state index is -0.00548. The van der Waals surface area contributed by atoms with Crippen LogP contribution >= 0.6 is 27.5 Å². The van der Waals surface area contributed by atoms with Crippen molar-refractivity contribution < 1.29 is 9.53 Å². The van der Waals surface area contributed by atoms with Crippen LogP contribution in [0, 0.1) is 0 Å². The van der Waals surface area contributed by atoms with Crippen molar-refractivity contribution in [2.24, 2.45) is 0 Å². The molecule has 0 aliphatic carbocycles. The summed E-state index contributed by atoms with van der Waals surface area (Å²) in [6.07, 6.45) is 0.923. The SMILES string of the molecule is COc1ccc(N2CCCN(C(=O)c3ccc(Br)cc3Cl)CC2)cc1. The number of anilines is 1. The highest BCUT2D eigenvalue weighted by atomic mass is 79.9. The van der Waals surface area contributed by atoms with Crippen LogP contribution in [0.3, 0.4) is 0 Å². The first kappa shape index (κ1) is 18.1. The van der Waals surface area contributed by atoms with E-state index in [1.807, 2.05) is 23.1 Å². The highest BCUT2D eigenvalue weighted by molar-refractivity contribution is 9.10. The molecule has 0 atom stereocenters. The van der Waals surface area contributed by atoms with E-state index >= 15 is 0 Å². The Kier molecular flexibility index (Phi) is 5.86. The molecule has 0 bridgehead atoms. The molecule has 1 aliphatic heterocycles. The van der Waals surface area contributed by atoms with Crippen molar-refractivity contribution in [3.63, 3.8) is 0 Å². The number of nitrogens with zero attached hydrogens (tertiary/aromatic N) is 2. The van der Waals surface area contributed by atoms with Gasteiger partial charge in [0, 0.05) is 36.3 Å². The second-order valence-electron chi connectivity index (χ2n) is 5.95. The molecule has 4 nitrogen and oxygen atoms in total. The second kappa shape index (κ2) is 8.11. The third-order valence-corrected chi connectivity index (χ3v) is 5.19. The van der Waals surface area contributed by atoms with Crippen molar-refractivity contribution in [2.75, 3.05) is 38.2 Å². The van der Waals surface area contributed by atoms with E-state index in [2.05, 4.69) is 33.0 Å². The van der Waals surface area contributed by atoms with Gasteiger partial charge < -0.3 is 14.5 Å². The van der Waals surface area contributed by atoms with Gasteiger partial charge in [-0.25, -0.2) is 0 Å². The van der Waals surface area contributed by atoms with Crippen molar-refractivity contribution >= 4 is 39.1 Å². The number of benzene rings is 2. The normalized spacial score (nSPS) is 15.0. The van der Waals surface area contributed by atoms with Gasteiger partial charge in [-0.05, 0) is 48.9 Å². The molecule has 132 valence electrons. The van der Waals surface area contributed by atoms with Crippen molar-refractivity contribution in [3.05, 3.63) is 57.5 Å². The van der Waals surface area contributed by atoms with Crippen LogP contribution in [0.25, 0.3) is 0 Å². The molecule has 0 unspecified atom stereocenters. The Morgan fingerprint density at radius 3 is 2.52 bits per heavy atom. The van der Waals surface area contributed by atoms with E-state index in [-0.39, 0.29) is 5.91 Å². The molecule has 2 aromatic carbocycles. The lowest BCUT2D eigenvalue weighted by atomic mass is 10.2. The Morgan fingerprint density at radius 2 is 1.84 bits per heavy atom. The standard InChI is InChI=1S/C19H20BrClN2O2/c1-25-16-6-4-15(5-7-16)22-9-2-10-23(12-11-22)19(24)17-8-3-14(20)13-18(17)21/h3-8,13H,2,9-12H2,1H3. The molecule has 0 saturated carbocycles. The number of carbonyl (C=O) groups excluding carboxylic acids is 1. The minimum Gasteiger partial charge on any atom is -0.497 e. The van der Waals surface area contributed by atoms with Gasteiger partial charge in [-0.3, -0.25) is 4.79 Å². The number of rotatable bonds is 3. The predicted octanol–water partition coefficient (Wildman–Crippen LogP) is 4.46. The lowest BCUT2D eigenvalue weighted by Crippen LogP contribution is -2.35. The van der Waals surface area contributed by atoms with Gasteiger partial charge in [0.05, 0.1) is 17.7 Å². The molecule has 1 saturated heterocycles. The number of halogens is 2. The van der Waals surface area contributed by atoms with Crippen molar-refractivity contribution in [2.45, 2.75) is 6.42 Å². The van der Waals surface area contributed by atoms with Gasteiger partial charge in [0.25, 0.3) is 5.91 Å². The Hall–Kier alpha value is -1.72. The van der Waals surface area contributed by atoms with Crippen LogP contribution in [0.15, 0.2) is 46.9 Å². The van der Waals surface area contributed by atoms with Crippen LogP contribution < -0.4 is 9.64 Å². The zero-order valence-electron chi connectivity index (χ0n) is 14.0. The number of amides is 1. The average Bonchev–Trinajstić information content (AvgIpc) is 2.87. The molecule has 0 N–H and O–H groups in total.